The highest BCUT2D eigenvalue weighted by atomic mass is 35.5. The minimum atomic E-state index is 0. The lowest BCUT2D eigenvalue weighted by Gasteiger charge is -2.05. The highest BCUT2D eigenvalue weighted by molar-refractivity contribution is 6.02. The molecule has 2 aromatic heterocycles. The van der Waals surface area contributed by atoms with Crippen LogP contribution in [0.25, 0.3) is 22.0 Å². The van der Waals surface area contributed by atoms with Gasteiger partial charge < -0.3 is 14.3 Å². The van der Waals surface area contributed by atoms with Crippen molar-refractivity contribution in [1.82, 2.24) is 14.9 Å². The number of hydrogen-bond acceptors (Lipinski definition) is 3. The molecule has 3 rings (SSSR count). The van der Waals surface area contributed by atoms with Crippen LogP contribution in [0.4, 0.5) is 0 Å². The SMILES string of the molecule is CN(C)CCc1nc2c(ccc3[nH]ccc32)o1.Cl. The molecule has 0 saturated carbocycles. The maximum atomic E-state index is 5.74. The molecule has 0 atom stereocenters. The second kappa shape index (κ2) is 5.00. The lowest BCUT2D eigenvalue weighted by atomic mass is 10.2. The Morgan fingerprint density at radius 2 is 2.11 bits per heavy atom. The Hall–Kier alpha value is -1.52. The van der Waals surface area contributed by atoms with Crippen molar-refractivity contribution in [3.63, 3.8) is 0 Å². The number of H-pyrrole nitrogens is 1. The van der Waals surface area contributed by atoms with Gasteiger partial charge in [0.05, 0.1) is 0 Å². The number of aromatic nitrogens is 2. The van der Waals surface area contributed by atoms with Crippen LogP contribution in [0.2, 0.25) is 0 Å². The number of nitrogens with zero attached hydrogens (tertiary/aromatic N) is 2. The number of aromatic amines is 1. The minimum Gasteiger partial charge on any atom is -0.441 e. The number of oxazole rings is 1. The van der Waals surface area contributed by atoms with Crippen LogP contribution in [0.3, 0.4) is 0 Å². The second-order valence-corrected chi connectivity index (χ2v) is 4.51. The summed E-state index contributed by atoms with van der Waals surface area (Å²) in [4.78, 5) is 9.88. The molecule has 18 heavy (non-hydrogen) atoms. The Labute approximate surface area is 111 Å². The third-order valence-electron chi connectivity index (χ3n) is 2.91. The summed E-state index contributed by atoms with van der Waals surface area (Å²) < 4.78 is 5.74. The average Bonchev–Trinajstić information content (AvgIpc) is 2.91. The van der Waals surface area contributed by atoms with Gasteiger partial charge in [-0.1, -0.05) is 0 Å². The number of nitrogens with one attached hydrogen (secondary N) is 1. The number of halogens is 1. The van der Waals surface area contributed by atoms with Crippen LogP contribution in [0.15, 0.2) is 28.8 Å². The van der Waals surface area contributed by atoms with Gasteiger partial charge in [0.2, 0.25) is 0 Å². The van der Waals surface area contributed by atoms with Gasteiger partial charge in [0.1, 0.15) is 5.52 Å². The van der Waals surface area contributed by atoms with Gasteiger partial charge in [-0.25, -0.2) is 4.98 Å². The van der Waals surface area contributed by atoms with Crippen molar-refractivity contribution < 1.29 is 4.42 Å². The molecule has 5 heteroatoms. The largest absolute Gasteiger partial charge is 0.441 e. The highest BCUT2D eigenvalue weighted by Gasteiger charge is 2.09. The lowest BCUT2D eigenvalue weighted by molar-refractivity contribution is 0.390. The maximum absolute atomic E-state index is 5.74. The summed E-state index contributed by atoms with van der Waals surface area (Å²) in [6.45, 7) is 0.948. The van der Waals surface area contributed by atoms with Crippen LogP contribution in [-0.4, -0.2) is 35.5 Å². The molecule has 0 radical (unpaired) electrons. The molecule has 0 aliphatic rings. The van der Waals surface area contributed by atoms with E-state index in [0.29, 0.717) is 0 Å². The molecule has 1 aromatic carbocycles. The molecule has 96 valence electrons. The molecule has 1 N–H and O–H groups in total. The number of fused-ring (bicyclic) bond motifs is 3. The number of hydrogen-bond donors (Lipinski definition) is 1. The molecule has 0 fully saturated rings. The zero-order chi connectivity index (χ0) is 11.8. The second-order valence-electron chi connectivity index (χ2n) is 4.51. The third-order valence-corrected chi connectivity index (χ3v) is 2.91. The summed E-state index contributed by atoms with van der Waals surface area (Å²) in [6, 6.07) is 6.04. The quantitative estimate of drug-likeness (QED) is 0.792. The fourth-order valence-electron chi connectivity index (χ4n) is 2.00. The van der Waals surface area contributed by atoms with Crippen molar-refractivity contribution in [3.8, 4) is 0 Å². The van der Waals surface area contributed by atoms with Crippen molar-refractivity contribution in [2.45, 2.75) is 6.42 Å². The van der Waals surface area contributed by atoms with E-state index in [9.17, 15) is 0 Å². The Morgan fingerprint density at radius 1 is 1.28 bits per heavy atom. The van der Waals surface area contributed by atoms with Gasteiger partial charge in [-0.2, -0.15) is 0 Å². The normalized spacial score (nSPS) is 11.3. The summed E-state index contributed by atoms with van der Waals surface area (Å²) >= 11 is 0. The predicted octanol–water partition coefficient (Wildman–Crippen LogP) is 2.84. The van der Waals surface area contributed by atoms with Crippen molar-refractivity contribution in [2.24, 2.45) is 0 Å². The van der Waals surface area contributed by atoms with E-state index in [2.05, 4.69) is 14.9 Å². The van der Waals surface area contributed by atoms with E-state index in [1.54, 1.807) is 0 Å². The fourth-order valence-corrected chi connectivity index (χ4v) is 2.00. The van der Waals surface area contributed by atoms with Crippen LogP contribution >= 0.6 is 12.4 Å². The Kier molecular flexibility index (Phi) is 3.59. The van der Waals surface area contributed by atoms with Gasteiger partial charge >= 0.3 is 0 Å². The average molecular weight is 266 g/mol. The lowest BCUT2D eigenvalue weighted by Crippen LogP contribution is -2.15. The first-order chi connectivity index (χ1) is 8.24. The summed E-state index contributed by atoms with van der Waals surface area (Å²) in [5.41, 5.74) is 2.92. The number of rotatable bonds is 3. The molecule has 0 aliphatic carbocycles. The van der Waals surface area contributed by atoms with Gasteiger partial charge in [0.15, 0.2) is 11.5 Å². The van der Waals surface area contributed by atoms with Crippen molar-refractivity contribution >= 4 is 34.4 Å². The molecule has 0 spiro atoms. The zero-order valence-corrected chi connectivity index (χ0v) is 11.3. The Balaban J connectivity index is 0.00000120. The van der Waals surface area contributed by atoms with Crippen LogP contribution in [0.1, 0.15) is 5.89 Å². The zero-order valence-electron chi connectivity index (χ0n) is 10.4. The molecule has 2 heterocycles. The fraction of sp³-hybridized carbons (Fsp3) is 0.308. The van der Waals surface area contributed by atoms with Crippen LogP contribution in [-0.2, 0) is 6.42 Å². The Bertz CT molecular complexity index is 656. The molecule has 0 bridgehead atoms. The van der Waals surface area contributed by atoms with E-state index < -0.39 is 0 Å². The van der Waals surface area contributed by atoms with E-state index in [0.717, 1.165) is 40.9 Å². The molecule has 0 amide bonds. The van der Waals surface area contributed by atoms with Crippen molar-refractivity contribution in [3.05, 3.63) is 30.3 Å². The van der Waals surface area contributed by atoms with Crippen LogP contribution < -0.4 is 0 Å². The summed E-state index contributed by atoms with van der Waals surface area (Å²) in [7, 11) is 4.10. The molecular formula is C13H16ClN3O. The summed E-state index contributed by atoms with van der Waals surface area (Å²) in [5.74, 6) is 0.808. The molecular weight excluding hydrogens is 250 g/mol. The van der Waals surface area contributed by atoms with Gasteiger partial charge in [-0.05, 0) is 32.3 Å². The first-order valence-corrected chi connectivity index (χ1v) is 5.74. The van der Waals surface area contributed by atoms with Gasteiger partial charge in [-0.3, -0.25) is 0 Å². The van der Waals surface area contributed by atoms with Crippen LogP contribution in [0, 0.1) is 0 Å². The molecule has 0 saturated heterocycles. The molecule has 3 aromatic rings. The Morgan fingerprint density at radius 3 is 2.89 bits per heavy atom. The van der Waals surface area contributed by atoms with E-state index >= 15 is 0 Å². The summed E-state index contributed by atoms with van der Waals surface area (Å²) in [6.07, 6.45) is 2.77. The number of likely N-dealkylation sites (N-methyl/N-ethyl adjacent to an activating group) is 1. The van der Waals surface area contributed by atoms with E-state index in [1.165, 1.54) is 0 Å². The first kappa shape index (κ1) is 12.9. The van der Waals surface area contributed by atoms with Gasteiger partial charge in [-0.15, -0.1) is 12.4 Å². The first-order valence-electron chi connectivity index (χ1n) is 5.74. The van der Waals surface area contributed by atoms with Crippen LogP contribution in [0.5, 0.6) is 0 Å². The van der Waals surface area contributed by atoms with Crippen molar-refractivity contribution in [2.75, 3.05) is 20.6 Å². The maximum Gasteiger partial charge on any atom is 0.196 e. The van der Waals surface area contributed by atoms with E-state index in [-0.39, 0.29) is 12.4 Å². The van der Waals surface area contributed by atoms with E-state index in [1.807, 2.05) is 38.5 Å². The van der Waals surface area contributed by atoms with Gasteiger partial charge in [0.25, 0.3) is 0 Å². The van der Waals surface area contributed by atoms with Gasteiger partial charge in [0, 0.05) is 30.1 Å². The summed E-state index contributed by atoms with van der Waals surface area (Å²) in [5, 5.41) is 1.13. The molecule has 0 unspecified atom stereocenters. The topological polar surface area (TPSA) is 45.1 Å². The smallest absolute Gasteiger partial charge is 0.196 e. The van der Waals surface area contributed by atoms with Crippen molar-refractivity contribution in [1.29, 1.82) is 0 Å². The van der Waals surface area contributed by atoms with E-state index in [4.69, 9.17) is 4.42 Å². The minimum absolute atomic E-state index is 0. The highest BCUT2D eigenvalue weighted by Crippen LogP contribution is 2.24. The number of benzene rings is 1. The molecule has 0 aliphatic heterocycles. The monoisotopic (exact) mass is 265 g/mol. The standard InChI is InChI=1S/C13H15N3O.ClH/c1-16(2)8-6-12-15-13-9-5-7-14-10(9)3-4-11(13)17-12;/h3-5,7,14H,6,8H2,1-2H3;1H. The molecule has 4 nitrogen and oxygen atoms in total. The predicted molar refractivity (Wildman–Crippen MR) is 75.4 cm³/mol. The third kappa shape index (κ3) is 2.21.